The molecule has 4 aliphatic carbocycles. The van der Waals surface area contributed by atoms with E-state index < -0.39 is 6.04 Å². The van der Waals surface area contributed by atoms with Crippen LogP contribution in [0.15, 0.2) is 30.3 Å². The van der Waals surface area contributed by atoms with Crippen molar-refractivity contribution in [3.05, 3.63) is 35.9 Å². The number of rotatable bonds is 8. The first-order valence-corrected chi connectivity index (χ1v) is 11.9. The minimum Gasteiger partial charge on any atom is -0.405 e. The van der Waals surface area contributed by atoms with E-state index in [4.69, 9.17) is 15.0 Å². The number of carbonyl (C=O) groups excluding carboxylic acids is 1. The van der Waals surface area contributed by atoms with Gasteiger partial charge >= 0.3 is 7.12 Å². The Bertz CT molecular complexity index is 795. The number of carbonyl (C=O) groups is 1. The molecule has 2 bridgehead atoms. The van der Waals surface area contributed by atoms with Crippen molar-refractivity contribution in [1.82, 2.24) is 0 Å². The van der Waals surface area contributed by atoms with Crippen LogP contribution in [0.3, 0.4) is 0 Å². The largest absolute Gasteiger partial charge is 0.461 e. The van der Waals surface area contributed by atoms with Crippen LogP contribution in [0, 0.1) is 23.2 Å². The molecular formula is C25H36BNO3. The van der Waals surface area contributed by atoms with Crippen molar-refractivity contribution in [2.75, 3.05) is 0 Å². The lowest BCUT2D eigenvalue weighted by Crippen LogP contribution is -2.65. The zero-order valence-electron chi connectivity index (χ0n) is 18.7. The minimum absolute atomic E-state index is 0.120. The van der Waals surface area contributed by atoms with Crippen molar-refractivity contribution in [2.45, 2.75) is 89.3 Å². The number of hydrogen-bond donors (Lipinski definition) is 1. The fraction of sp³-hybridized carbons (Fsp3) is 0.720. The molecule has 6 atom stereocenters. The number of Topliss-reactive ketones (excluding diaryl/α,β-unsaturated/α-hetero) is 1. The molecule has 1 heterocycles. The molecule has 5 heteroatoms. The summed E-state index contributed by atoms with van der Waals surface area (Å²) in [6, 6.07) is 9.60. The summed E-state index contributed by atoms with van der Waals surface area (Å²) in [5.41, 5.74) is 7.56. The first-order valence-electron chi connectivity index (χ1n) is 11.9. The summed E-state index contributed by atoms with van der Waals surface area (Å²) in [5, 5.41) is 0. The van der Waals surface area contributed by atoms with E-state index in [-0.39, 0.29) is 30.4 Å². The van der Waals surface area contributed by atoms with Crippen LogP contribution in [0.4, 0.5) is 0 Å². The Morgan fingerprint density at radius 1 is 1.20 bits per heavy atom. The molecule has 6 rings (SSSR count). The quantitative estimate of drug-likeness (QED) is 0.646. The lowest BCUT2D eigenvalue weighted by Gasteiger charge is -2.64. The van der Waals surface area contributed by atoms with E-state index in [1.165, 1.54) is 19.3 Å². The first kappa shape index (κ1) is 20.7. The van der Waals surface area contributed by atoms with E-state index in [2.05, 4.69) is 20.8 Å². The average Bonchev–Trinajstić information content (AvgIpc) is 3.45. The van der Waals surface area contributed by atoms with Crippen LogP contribution in [0.25, 0.3) is 0 Å². The van der Waals surface area contributed by atoms with Gasteiger partial charge in [-0.15, -0.1) is 0 Å². The van der Waals surface area contributed by atoms with Crippen LogP contribution >= 0.6 is 0 Å². The molecule has 4 nitrogen and oxygen atoms in total. The van der Waals surface area contributed by atoms with Crippen LogP contribution in [-0.2, 0) is 20.5 Å². The molecular weight excluding hydrogens is 373 g/mol. The molecule has 1 aromatic rings. The van der Waals surface area contributed by atoms with Gasteiger partial charge in [0, 0.05) is 12.2 Å². The fourth-order valence-electron chi connectivity index (χ4n) is 6.57. The van der Waals surface area contributed by atoms with E-state index in [1.807, 2.05) is 30.3 Å². The second-order valence-corrected chi connectivity index (χ2v) is 11.2. The molecule has 0 aromatic heterocycles. The van der Waals surface area contributed by atoms with Crippen molar-refractivity contribution >= 4 is 12.9 Å². The van der Waals surface area contributed by atoms with Crippen molar-refractivity contribution in [1.29, 1.82) is 0 Å². The van der Waals surface area contributed by atoms with Gasteiger partial charge in [-0.2, -0.15) is 0 Å². The minimum atomic E-state index is -0.458. The second-order valence-electron chi connectivity index (χ2n) is 11.2. The van der Waals surface area contributed by atoms with Gasteiger partial charge < -0.3 is 15.0 Å². The maximum atomic E-state index is 13.1. The van der Waals surface area contributed by atoms with Crippen molar-refractivity contribution < 1.29 is 14.1 Å². The maximum absolute atomic E-state index is 13.1. The maximum Gasteiger partial charge on any atom is 0.461 e. The Morgan fingerprint density at radius 2 is 1.93 bits per heavy atom. The Kier molecular flexibility index (Phi) is 5.15. The molecule has 4 saturated carbocycles. The Morgan fingerprint density at radius 3 is 2.60 bits per heavy atom. The van der Waals surface area contributed by atoms with E-state index in [1.54, 1.807) is 0 Å². The van der Waals surface area contributed by atoms with Crippen LogP contribution in [-0.4, -0.2) is 30.6 Å². The smallest absolute Gasteiger partial charge is 0.405 e. The van der Waals surface area contributed by atoms with Crippen molar-refractivity contribution in [3.63, 3.8) is 0 Å². The Hall–Kier alpha value is -1.17. The van der Waals surface area contributed by atoms with Gasteiger partial charge in [-0.3, -0.25) is 4.79 Å². The van der Waals surface area contributed by atoms with E-state index in [9.17, 15) is 4.79 Å². The molecule has 5 fully saturated rings. The summed E-state index contributed by atoms with van der Waals surface area (Å²) in [4.78, 5) is 13.1. The monoisotopic (exact) mass is 409 g/mol. The highest BCUT2D eigenvalue weighted by Gasteiger charge is 2.68. The van der Waals surface area contributed by atoms with Gasteiger partial charge in [-0.1, -0.05) is 57.0 Å². The van der Waals surface area contributed by atoms with Gasteiger partial charge in [0.2, 0.25) is 0 Å². The number of nitrogens with two attached hydrogens (primary N) is 1. The third-order valence-electron chi connectivity index (χ3n) is 8.86. The topological polar surface area (TPSA) is 61.5 Å². The van der Waals surface area contributed by atoms with Gasteiger partial charge in [0.15, 0.2) is 0 Å². The van der Waals surface area contributed by atoms with Crippen molar-refractivity contribution in [3.8, 4) is 0 Å². The highest BCUT2D eigenvalue weighted by molar-refractivity contribution is 6.47. The summed E-state index contributed by atoms with van der Waals surface area (Å²) in [7, 11) is -0.261. The third-order valence-corrected chi connectivity index (χ3v) is 8.86. The van der Waals surface area contributed by atoms with Gasteiger partial charge in [-0.25, -0.2) is 0 Å². The third kappa shape index (κ3) is 3.57. The zero-order valence-corrected chi connectivity index (χ0v) is 18.7. The standard InChI is InChI=1S/C25H36BNO3/c1-24(2)18-13-22(24)25(3)23(14-18)29-26(30-25)19(11-17-9-10-17)15-21(28)20(27)12-16-7-5-4-6-8-16/h4-8,17-20,22-23H,9-15,27H2,1-3H3/t18-,19+,20?,22-,23+,25-/m0/s1. The van der Waals surface area contributed by atoms with E-state index in [0.717, 1.165) is 30.2 Å². The van der Waals surface area contributed by atoms with Crippen LogP contribution < -0.4 is 5.73 Å². The molecule has 1 unspecified atom stereocenters. The molecule has 0 spiro atoms. The van der Waals surface area contributed by atoms with E-state index in [0.29, 0.717) is 24.2 Å². The normalized spacial score (nSPS) is 36.0. The Labute approximate surface area is 181 Å². The predicted octanol–water partition coefficient (Wildman–Crippen LogP) is 4.41. The predicted molar refractivity (Wildman–Crippen MR) is 119 cm³/mol. The molecule has 1 aromatic carbocycles. The summed E-state index contributed by atoms with van der Waals surface area (Å²) in [5.74, 6) is 2.28. The number of benzene rings is 1. The van der Waals surface area contributed by atoms with Gasteiger partial charge in [0.05, 0.1) is 17.7 Å². The Balaban J connectivity index is 1.26. The van der Waals surface area contributed by atoms with Gasteiger partial charge in [0.25, 0.3) is 0 Å². The molecule has 162 valence electrons. The molecule has 2 N–H and O–H groups in total. The van der Waals surface area contributed by atoms with Crippen LogP contribution in [0.2, 0.25) is 5.82 Å². The number of hydrogen-bond acceptors (Lipinski definition) is 4. The molecule has 0 radical (unpaired) electrons. The van der Waals surface area contributed by atoms with Gasteiger partial charge in [-0.05, 0) is 61.3 Å². The SMILES string of the molecule is CC1(C)[C@@H]2C[C@H]3OB([C@@H](CC(=O)C(N)Cc4ccccc4)CC4CC4)O[C@@]3(C)[C@H]1C2. The van der Waals surface area contributed by atoms with E-state index >= 15 is 0 Å². The van der Waals surface area contributed by atoms with Crippen molar-refractivity contribution in [2.24, 2.45) is 28.9 Å². The molecule has 5 aliphatic rings. The molecule has 1 saturated heterocycles. The summed E-state index contributed by atoms with van der Waals surface area (Å²) < 4.78 is 13.3. The summed E-state index contributed by atoms with van der Waals surface area (Å²) in [6.45, 7) is 7.03. The lowest BCUT2D eigenvalue weighted by molar-refractivity contribution is -0.199. The van der Waals surface area contributed by atoms with Crippen LogP contribution in [0.5, 0.6) is 0 Å². The second kappa shape index (κ2) is 7.46. The zero-order chi connectivity index (χ0) is 21.1. The average molecular weight is 409 g/mol. The highest BCUT2D eigenvalue weighted by atomic mass is 16.7. The summed E-state index contributed by atoms with van der Waals surface area (Å²) in [6.07, 6.45) is 7.15. The van der Waals surface area contributed by atoms with Crippen LogP contribution in [0.1, 0.15) is 64.9 Å². The van der Waals surface area contributed by atoms with Gasteiger partial charge in [0.1, 0.15) is 5.78 Å². The molecule has 1 aliphatic heterocycles. The molecule has 0 amide bonds. The highest BCUT2D eigenvalue weighted by Crippen LogP contribution is 2.66. The summed E-state index contributed by atoms with van der Waals surface area (Å²) >= 11 is 0. The first-order chi connectivity index (χ1) is 14.3. The fourth-order valence-corrected chi connectivity index (χ4v) is 6.57. The lowest BCUT2D eigenvalue weighted by atomic mass is 9.43. The molecule has 30 heavy (non-hydrogen) atoms. The number of ketones is 1.